The van der Waals surface area contributed by atoms with E-state index in [0.717, 1.165) is 42.7 Å². The molecule has 6 rings (SSSR count). The van der Waals surface area contributed by atoms with Gasteiger partial charge in [-0.05, 0) is 63.4 Å². The highest BCUT2D eigenvalue weighted by molar-refractivity contribution is 7.92. The highest BCUT2D eigenvalue weighted by Gasteiger charge is 2.33. The number of hydrogen-bond acceptors (Lipinski definition) is 6. The van der Waals surface area contributed by atoms with E-state index < -0.39 is 10.0 Å². The summed E-state index contributed by atoms with van der Waals surface area (Å²) in [6.07, 6.45) is 11.7. The lowest BCUT2D eigenvalue weighted by Gasteiger charge is -2.24. The molecule has 34 heavy (non-hydrogen) atoms. The maximum absolute atomic E-state index is 12.9. The zero-order chi connectivity index (χ0) is 23.4. The van der Waals surface area contributed by atoms with Crippen LogP contribution in [0.2, 0.25) is 0 Å². The Morgan fingerprint density at radius 2 is 1.74 bits per heavy atom. The standard InChI is InChI=1S/C25H33N5O3S/c1-16-22-25(29(34(2,31)32)14-17-8-9-17)27-20-12-13-21(33-15-18-10-11-18)28-24(20)30(22)23(26-16)19-6-4-3-5-7-19/h12-13,17-19H,3-11,14-15H2,1-2H3. The number of anilines is 1. The number of fused-ring (bicyclic) bond motifs is 3. The molecule has 182 valence electrons. The van der Waals surface area contributed by atoms with Gasteiger partial charge in [-0.1, -0.05) is 19.3 Å². The van der Waals surface area contributed by atoms with Crippen LogP contribution in [0.5, 0.6) is 5.88 Å². The lowest BCUT2D eigenvalue weighted by Crippen LogP contribution is -2.33. The largest absolute Gasteiger partial charge is 0.477 e. The van der Waals surface area contributed by atoms with Crippen molar-refractivity contribution in [2.24, 2.45) is 11.8 Å². The minimum atomic E-state index is -3.50. The first kappa shape index (κ1) is 22.1. The molecular weight excluding hydrogens is 450 g/mol. The van der Waals surface area contributed by atoms with E-state index in [1.807, 2.05) is 19.1 Å². The van der Waals surface area contributed by atoms with Gasteiger partial charge >= 0.3 is 0 Å². The van der Waals surface area contributed by atoms with Crippen LogP contribution in [0.1, 0.15) is 75.2 Å². The molecular formula is C25H33N5O3S. The third-order valence-electron chi connectivity index (χ3n) is 7.45. The van der Waals surface area contributed by atoms with Crippen LogP contribution in [-0.2, 0) is 10.0 Å². The first-order chi connectivity index (χ1) is 16.4. The number of nitrogens with zero attached hydrogens (tertiary/aromatic N) is 5. The summed E-state index contributed by atoms with van der Waals surface area (Å²) in [5.41, 5.74) is 2.93. The van der Waals surface area contributed by atoms with Gasteiger partial charge in [0.05, 0.1) is 18.6 Å². The number of sulfonamides is 1. The molecule has 8 nitrogen and oxygen atoms in total. The van der Waals surface area contributed by atoms with E-state index in [2.05, 4.69) is 4.40 Å². The Morgan fingerprint density at radius 3 is 2.41 bits per heavy atom. The summed E-state index contributed by atoms with van der Waals surface area (Å²) in [5.74, 6) is 3.41. The van der Waals surface area contributed by atoms with Crippen LogP contribution in [0.25, 0.3) is 16.7 Å². The summed E-state index contributed by atoms with van der Waals surface area (Å²) in [5, 5.41) is 0. The quantitative estimate of drug-likeness (QED) is 0.465. The molecule has 0 saturated heterocycles. The average molecular weight is 484 g/mol. The third kappa shape index (κ3) is 4.23. The Balaban J connectivity index is 1.57. The average Bonchev–Trinajstić information content (AvgIpc) is 3.75. The van der Waals surface area contributed by atoms with Crippen LogP contribution in [0.4, 0.5) is 5.82 Å². The molecule has 0 aliphatic heterocycles. The SMILES string of the molecule is Cc1nc(C2CCCCC2)n2c1c(N(CC1CC1)S(C)(=O)=O)nc1ccc(OCC3CC3)nc12. The van der Waals surface area contributed by atoms with Crippen molar-refractivity contribution in [1.29, 1.82) is 0 Å². The van der Waals surface area contributed by atoms with Crippen LogP contribution in [0, 0.1) is 18.8 Å². The highest BCUT2D eigenvalue weighted by atomic mass is 32.2. The Labute approximate surface area is 200 Å². The van der Waals surface area contributed by atoms with Crippen LogP contribution in [-0.4, -0.2) is 47.2 Å². The molecule has 0 bridgehead atoms. The predicted molar refractivity (Wildman–Crippen MR) is 132 cm³/mol. The molecule has 0 radical (unpaired) electrons. The van der Waals surface area contributed by atoms with Crippen molar-refractivity contribution in [3.8, 4) is 5.88 Å². The van der Waals surface area contributed by atoms with Crippen molar-refractivity contribution in [3.05, 3.63) is 23.7 Å². The van der Waals surface area contributed by atoms with E-state index in [-0.39, 0.29) is 0 Å². The predicted octanol–water partition coefficient (Wildman–Crippen LogP) is 4.60. The van der Waals surface area contributed by atoms with Crippen molar-refractivity contribution < 1.29 is 13.2 Å². The first-order valence-corrected chi connectivity index (χ1v) is 14.5. The molecule has 0 unspecified atom stereocenters. The second-order valence-electron chi connectivity index (χ2n) is 10.5. The third-order valence-corrected chi connectivity index (χ3v) is 8.57. The van der Waals surface area contributed by atoms with Crippen molar-refractivity contribution >= 4 is 32.5 Å². The summed E-state index contributed by atoms with van der Waals surface area (Å²) in [4.78, 5) is 14.8. The molecule has 0 spiro atoms. The van der Waals surface area contributed by atoms with E-state index in [1.54, 1.807) is 0 Å². The maximum atomic E-state index is 12.9. The Hall–Kier alpha value is -2.42. The maximum Gasteiger partial charge on any atom is 0.233 e. The van der Waals surface area contributed by atoms with E-state index in [4.69, 9.17) is 19.7 Å². The fraction of sp³-hybridized carbons (Fsp3) is 0.640. The monoisotopic (exact) mass is 483 g/mol. The highest BCUT2D eigenvalue weighted by Crippen LogP contribution is 2.39. The Morgan fingerprint density at radius 1 is 1.00 bits per heavy atom. The molecule has 3 saturated carbocycles. The fourth-order valence-corrected chi connectivity index (χ4v) is 6.08. The van der Waals surface area contributed by atoms with Gasteiger partial charge in [0, 0.05) is 18.5 Å². The number of rotatable bonds is 8. The van der Waals surface area contributed by atoms with Gasteiger partial charge in [0.1, 0.15) is 16.9 Å². The Kier molecular flexibility index (Phi) is 5.43. The number of imidazole rings is 1. The van der Waals surface area contributed by atoms with Gasteiger partial charge in [0.2, 0.25) is 15.9 Å². The topological polar surface area (TPSA) is 89.7 Å². The fourth-order valence-electron chi connectivity index (χ4n) is 5.16. The zero-order valence-corrected chi connectivity index (χ0v) is 20.9. The molecule has 0 atom stereocenters. The van der Waals surface area contributed by atoms with Gasteiger partial charge in [0.25, 0.3) is 0 Å². The van der Waals surface area contributed by atoms with Gasteiger partial charge in [0.15, 0.2) is 11.5 Å². The molecule has 3 heterocycles. The lowest BCUT2D eigenvalue weighted by atomic mass is 9.89. The number of pyridine rings is 1. The van der Waals surface area contributed by atoms with Crippen molar-refractivity contribution in [2.75, 3.05) is 23.7 Å². The molecule has 3 aromatic rings. The molecule has 9 heteroatoms. The number of aryl methyl sites for hydroxylation is 1. The van der Waals surface area contributed by atoms with E-state index in [0.29, 0.717) is 53.8 Å². The molecule has 3 aliphatic rings. The molecule has 3 aliphatic carbocycles. The summed E-state index contributed by atoms with van der Waals surface area (Å²) in [6, 6.07) is 3.76. The minimum Gasteiger partial charge on any atom is -0.477 e. The van der Waals surface area contributed by atoms with Gasteiger partial charge in [-0.15, -0.1) is 0 Å². The van der Waals surface area contributed by atoms with E-state index in [9.17, 15) is 8.42 Å². The normalized spacial score (nSPS) is 19.7. The van der Waals surface area contributed by atoms with Crippen molar-refractivity contribution in [1.82, 2.24) is 19.4 Å². The van der Waals surface area contributed by atoms with Crippen LogP contribution in [0.3, 0.4) is 0 Å². The number of ether oxygens (including phenoxy) is 1. The molecule has 3 aromatic heterocycles. The van der Waals surface area contributed by atoms with Crippen LogP contribution < -0.4 is 9.04 Å². The number of hydrogen-bond donors (Lipinski definition) is 0. The van der Waals surface area contributed by atoms with Gasteiger partial charge in [-0.25, -0.2) is 18.4 Å². The summed E-state index contributed by atoms with van der Waals surface area (Å²) < 4.78 is 35.4. The summed E-state index contributed by atoms with van der Waals surface area (Å²) in [7, 11) is -3.50. The van der Waals surface area contributed by atoms with Gasteiger partial charge in [-0.2, -0.15) is 4.98 Å². The second-order valence-corrected chi connectivity index (χ2v) is 12.4. The van der Waals surface area contributed by atoms with E-state index in [1.165, 1.54) is 42.7 Å². The minimum absolute atomic E-state index is 0.335. The first-order valence-electron chi connectivity index (χ1n) is 12.7. The summed E-state index contributed by atoms with van der Waals surface area (Å²) >= 11 is 0. The lowest BCUT2D eigenvalue weighted by molar-refractivity contribution is 0.289. The molecule has 0 aromatic carbocycles. The second kappa shape index (κ2) is 8.36. The zero-order valence-electron chi connectivity index (χ0n) is 20.0. The van der Waals surface area contributed by atoms with Crippen LogP contribution in [0.15, 0.2) is 12.1 Å². The molecule has 0 amide bonds. The van der Waals surface area contributed by atoms with Crippen molar-refractivity contribution in [2.45, 2.75) is 70.6 Å². The van der Waals surface area contributed by atoms with Gasteiger partial charge in [-0.3, -0.25) is 8.71 Å². The molecule has 3 fully saturated rings. The Bertz CT molecular complexity index is 1340. The summed E-state index contributed by atoms with van der Waals surface area (Å²) in [6.45, 7) is 3.12. The van der Waals surface area contributed by atoms with E-state index >= 15 is 0 Å². The van der Waals surface area contributed by atoms with Crippen molar-refractivity contribution in [3.63, 3.8) is 0 Å². The molecule has 0 N–H and O–H groups in total. The smallest absolute Gasteiger partial charge is 0.233 e. The number of aromatic nitrogens is 4. The van der Waals surface area contributed by atoms with Gasteiger partial charge < -0.3 is 4.74 Å². The van der Waals surface area contributed by atoms with Crippen LogP contribution >= 0.6 is 0 Å².